The molecular formula is C17H25N3O. The molecule has 0 amide bonds. The highest BCUT2D eigenvalue weighted by molar-refractivity contribution is 5.48. The molecule has 0 radical (unpaired) electrons. The molecule has 3 heterocycles. The normalized spacial score (nSPS) is 20.3. The first-order valence-electron chi connectivity index (χ1n) is 7.91. The highest BCUT2D eigenvalue weighted by atomic mass is 16.5. The van der Waals surface area contributed by atoms with E-state index in [1.54, 1.807) is 7.11 Å². The maximum absolute atomic E-state index is 5.33. The van der Waals surface area contributed by atoms with Crippen LogP contribution in [0.15, 0.2) is 24.5 Å². The van der Waals surface area contributed by atoms with Gasteiger partial charge in [-0.15, -0.1) is 0 Å². The summed E-state index contributed by atoms with van der Waals surface area (Å²) in [7, 11) is 1.71. The molecule has 1 atom stereocenters. The molecular weight excluding hydrogens is 262 g/mol. The first-order valence-corrected chi connectivity index (χ1v) is 7.91. The lowest BCUT2D eigenvalue weighted by molar-refractivity contribution is 0.138. The number of rotatable bonds is 4. The van der Waals surface area contributed by atoms with Crippen molar-refractivity contribution in [1.82, 2.24) is 14.3 Å². The number of hydrogen-bond acceptors (Lipinski definition) is 3. The molecule has 0 bridgehead atoms. The molecule has 0 spiro atoms. The summed E-state index contributed by atoms with van der Waals surface area (Å²) in [6, 6.07) is 4.70. The molecule has 0 saturated carbocycles. The Morgan fingerprint density at radius 2 is 2.24 bits per heavy atom. The smallest absolute Gasteiger partial charge is 0.135 e. The Morgan fingerprint density at radius 3 is 3.00 bits per heavy atom. The van der Waals surface area contributed by atoms with Crippen molar-refractivity contribution < 1.29 is 4.74 Å². The largest absolute Gasteiger partial charge is 0.495 e. The van der Waals surface area contributed by atoms with Crippen LogP contribution in [0.5, 0.6) is 5.75 Å². The summed E-state index contributed by atoms with van der Waals surface area (Å²) in [4.78, 5) is 7.21. The average Bonchev–Trinajstić information content (AvgIpc) is 2.89. The Kier molecular flexibility index (Phi) is 4.15. The van der Waals surface area contributed by atoms with Gasteiger partial charge in [0.1, 0.15) is 11.6 Å². The monoisotopic (exact) mass is 287 g/mol. The van der Waals surface area contributed by atoms with Crippen LogP contribution in [-0.4, -0.2) is 40.5 Å². The zero-order valence-electron chi connectivity index (χ0n) is 13.2. The van der Waals surface area contributed by atoms with Crippen LogP contribution in [-0.2, 0) is 6.42 Å². The standard InChI is InChI=1S/C17H25N3O/c1-13(2)19-8-4-5-14(11-19)9-17-18-10-15-6-7-16(21-3)12-20(15)17/h6-7,10,12-14H,4-5,8-9,11H2,1-3H3. The van der Waals surface area contributed by atoms with Gasteiger partial charge in [-0.25, -0.2) is 4.98 Å². The molecule has 114 valence electrons. The molecule has 1 aliphatic heterocycles. The van der Waals surface area contributed by atoms with E-state index in [9.17, 15) is 0 Å². The minimum atomic E-state index is 0.643. The summed E-state index contributed by atoms with van der Waals surface area (Å²) in [6.45, 7) is 7.01. The van der Waals surface area contributed by atoms with Crippen molar-refractivity contribution in [3.63, 3.8) is 0 Å². The average molecular weight is 287 g/mol. The zero-order valence-corrected chi connectivity index (χ0v) is 13.2. The predicted octanol–water partition coefficient (Wildman–Crippen LogP) is 3.01. The Hall–Kier alpha value is -1.55. The van der Waals surface area contributed by atoms with Crippen LogP contribution in [0, 0.1) is 5.92 Å². The van der Waals surface area contributed by atoms with Gasteiger partial charge < -0.3 is 14.0 Å². The molecule has 1 fully saturated rings. The van der Waals surface area contributed by atoms with E-state index in [-0.39, 0.29) is 0 Å². The van der Waals surface area contributed by atoms with E-state index in [0.717, 1.165) is 23.5 Å². The van der Waals surface area contributed by atoms with E-state index in [0.29, 0.717) is 12.0 Å². The lowest BCUT2D eigenvalue weighted by atomic mass is 9.93. The Balaban J connectivity index is 1.78. The molecule has 3 rings (SSSR count). The van der Waals surface area contributed by atoms with Gasteiger partial charge in [-0.1, -0.05) is 0 Å². The lowest BCUT2D eigenvalue weighted by Crippen LogP contribution is -2.40. The van der Waals surface area contributed by atoms with Crippen LogP contribution in [0.1, 0.15) is 32.5 Å². The van der Waals surface area contributed by atoms with Crippen LogP contribution in [0.4, 0.5) is 0 Å². The zero-order chi connectivity index (χ0) is 14.8. The summed E-state index contributed by atoms with van der Waals surface area (Å²) in [5, 5.41) is 0. The van der Waals surface area contributed by atoms with Gasteiger partial charge in [0.15, 0.2) is 0 Å². The number of aromatic nitrogens is 2. The number of methoxy groups -OCH3 is 1. The van der Waals surface area contributed by atoms with Crippen molar-refractivity contribution in [2.45, 2.75) is 39.2 Å². The molecule has 4 nitrogen and oxygen atoms in total. The van der Waals surface area contributed by atoms with Gasteiger partial charge in [0.05, 0.1) is 25.0 Å². The first kappa shape index (κ1) is 14.4. The maximum Gasteiger partial charge on any atom is 0.135 e. The van der Waals surface area contributed by atoms with E-state index in [1.165, 1.54) is 25.9 Å². The second kappa shape index (κ2) is 6.06. The number of piperidine rings is 1. The van der Waals surface area contributed by atoms with Gasteiger partial charge in [0, 0.05) is 19.0 Å². The predicted molar refractivity (Wildman–Crippen MR) is 84.9 cm³/mol. The second-order valence-electron chi connectivity index (χ2n) is 6.34. The van der Waals surface area contributed by atoms with Crippen molar-refractivity contribution in [3.05, 3.63) is 30.4 Å². The SMILES string of the molecule is COc1ccc2cnc(CC3CCCN(C(C)C)C3)n2c1. The number of fused-ring (bicyclic) bond motifs is 1. The second-order valence-corrected chi connectivity index (χ2v) is 6.34. The van der Waals surface area contributed by atoms with Crippen molar-refractivity contribution >= 4 is 5.52 Å². The molecule has 0 aliphatic carbocycles. The fourth-order valence-corrected chi connectivity index (χ4v) is 3.29. The van der Waals surface area contributed by atoms with E-state index in [4.69, 9.17) is 4.74 Å². The van der Waals surface area contributed by atoms with Gasteiger partial charge in [-0.2, -0.15) is 0 Å². The Labute approximate surface area is 126 Å². The van der Waals surface area contributed by atoms with E-state index in [1.807, 2.05) is 18.5 Å². The maximum atomic E-state index is 5.33. The lowest BCUT2D eigenvalue weighted by Gasteiger charge is -2.35. The number of imidazole rings is 1. The fraction of sp³-hybridized carbons (Fsp3) is 0.588. The Bertz CT molecular complexity index is 605. The van der Waals surface area contributed by atoms with Gasteiger partial charge in [0.2, 0.25) is 0 Å². The molecule has 1 unspecified atom stereocenters. The summed E-state index contributed by atoms with van der Waals surface area (Å²) >= 11 is 0. The summed E-state index contributed by atoms with van der Waals surface area (Å²) in [5.41, 5.74) is 1.14. The third-order valence-corrected chi connectivity index (χ3v) is 4.56. The fourth-order valence-electron chi connectivity index (χ4n) is 3.29. The molecule has 2 aromatic heterocycles. The highest BCUT2D eigenvalue weighted by Crippen LogP contribution is 2.23. The van der Waals surface area contributed by atoms with Crippen LogP contribution in [0.3, 0.4) is 0 Å². The van der Waals surface area contributed by atoms with Gasteiger partial charge >= 0.3 is 0 Å². The van der Waals surface area contributed by atoms with E-state index in [2.05, 4.69) is 34.2 Å². The van der Waals surface area contributed by atoms with Gasteiger partial charge in [0.25, 0.3) is 0 Å². The number of likely N-dealkylation sites (tertiary alicyclic amines) is 1. The molecule has 2 aromatic rings. The van der Waals surface area contributed by atoms with E-state index < -0.39 is 0 Å². The van der Waals surface area contributed by atoms with Crippen molar-refractivity contribution in [2.75, 3.05) is 20.2 Å². The van der Waals surface area contributed by atoms with Crippen LogP contribution >= 0.6 is 0 Å². The van der Waals surface area contributed by atoms with Crippen molar-refractivity contribution in [1.29, 1.82) is 0 Å². The molecule has 21 heavy (non-hydrogen) atoms. The summed E-state index contributed by atoms with van der Waals surface area (Å²) in [5.74, 6) is 2.74. The molecule has 4 heteroatoms. The minimum Gasteiger partial charge on any atom is -0.495 e. The third kappa shape index (κ3) is 3.05. The van der Waals surface area contributed by atoms with Crippen LogP contribution in [0.25, 0.3) is 5.52 Å². The Morgan fingerprint density at radius 1 is 1.38 bits per heavy atom. The number of ether oxygens (including phenoxy) is 1. The van der Waals surface area contributed by atoms with Crippen LogP contribution < -0.4 is 4.74 Å². The number of nitrogens with zero attached hydrogens (tertiary/aromatic N) is 3. The molecule has 0 aromatic carbocycles. The number of hydrogen-bond donors (Lipinski definition) is 0. The quantitative estimate of drug-likeness (QED) is 0.866. The van der Waals surface area contributed by atoms with Crippen molar-refractivity contribution in [3.8, 4) is 5.75 Å². The van der Waals surface area contributed by atoms with Crippen LogP contribution in [0.2, 0.25) is 0 Å². The van der Waals surface area contributed by atoms with Crippen molar-refractivity contribution in [2.24, 2.45) is 5.92 Å². The van der Waals surface area contributed by atoms with Gasteiger partial charge in [-0.05, 0) is 51.3 Å². The van der Waals surface area contributed by atoms with Gasteiger partial charge in [-0.3, -0.25) is 0 Å². The highest BCUT2D eigenvalue weighted by Gasteiger charge is 2.23. The molecule has 1 saturated heterocycles. The summed E-state index contributed by atoms with van der Waals surface area (Å²) in [6.07, 6.45) is 7.65. The number of pyridine rings is 1. The third-order valence-electron chi connectivity index (χ3n) is 4.56. The molecule has 0 N–H and O–H groups in total. The van der Waals surface area contributed by atoms with E-state index >= 15 is 0 Å². The topological polar surface area (TPSA) is 29.8 Å². The minimum absolute atomic E-state index is 0.643. The molecule has 1 aliphatic rings. The first-order chi connectivity index (χ1) is 10.2. The summed E-state index contributed by atoms with van der Waals surface area (Å²) < 4.78 is 7.50.